The molecule has 0 atom stereocenters. The topological polar surface area (TPSA) is 51.2 Å². The number of nitrogens with one attached hydrogen (secondary N) is 1. The molecule has 0 aliphatic carbocycles. The van der Waals surface area contributed by atoms with Crippen molar-refractivity contribution >= 4 is 40.6 Å². The van der Waals surface area contributed by atoms with Gasteiger partial charge in [0.15, 0.2) is 0 Å². The summed E-state index contributed by atoms with van der Waals surface area (Å²) in [7, 11) is 0. The number of carbonyl (C=O) groups is 1. The van der Waals surface area contributed by atoms with Crippen LogP contribution in [0.25, 0.3) is 0 Å². The third-order valence-corrected chi connectivity index (χ3v) is 8.13. The van der Waals surface area contributed by atoms with Crippen LogP contribution in [-0.4, -0.2) is 30.6 Å². The molecule has 31 heavy (non-hydrogen) atoms. The highest BCUT2D eigenvalue weighted by Gasteiger charge is 2.34. The summed E-state index contributed by atoms with van der Waals surface area (Å²) in [4.78, 5) is 17.3. The van der Waals surface area contributed by atoms with E-state index >= 15 is 0 Å². The van der Waals surface area contributed by atoms with Gasteiger partial charge in [-0.2, -0.15) is 0 Å². The molecule has 162 valence electrons. The Morgan fingerprint density at radius 2 is 1.87 bits per heavy atom. The highest BCUT2D eigenvalue weighted by Crippen LogP contribution is 2.35. The molecule has 7 heteroatoms. The fraction of sp³-hybridized carbons (Fsp3) is 0.333. The Morgan fingerprint density at radius 3 is 2.52 bits per heavy atom. The van der Waals surface area contributed by atoms with E-state index in [1.54, 1.807) is 23.1 Å². The van der Waals surface area contributed by atoms with E-state index in [2.05, 4.69) is 27.8 Å². The monoisotopic (exact) mass is 472 g/mol. The molecule has 0 radical (unpaired) electrons. The number of hydrogen-bond donors (Lipinski definition) is 1. The second-order valence-electron chi connectivity index (χ2n) is 7.82. The summed E-state index contributed by atoms with van der Waals surface area (Å²) in [6.07, 6.45) is 1.75. The number of ether oxygens (including phenoxy) is 1. The van der Waals surface area contributed by atoms with E-state index in [-0.39, 0.29) is 11.3 Å². The highest BCUT2D eigenvalue weighted by atomic mass is 35.5. The molecule has 1 amide bonds. The predicted octanol–water partition coefficient (Wildman–Crippen LogP) is 5.88. The minimum absolute atomic E-state index is 0.0467. The Labute approximate surface area is 196 Å². The van der Waals surface area contributed by atoms with E-state index in [0.29, 0.717) is 25.3 Å². The smallest absolute Gasteiger partial charge is 0.251 e. The second-order valence-corrected chi connectivity index (χ2v) is 10.3. The van der Waals surface area contributed by atoms with E-state index in [0.717, 1.165) is 33.7 Å². The number of aryl methyl sites for hydroxylation is 1. The summed E-state index contributed by atoms with van der Waals surface area (Å²) in [5.41, 5.74) is 3.99. The predicted molar refractivity (Wildman–Crippen MR) is 128 cm³/mol. The molecule has 1 aliphatic heterocycles. The molecule has 4 rings (SSSR count). The minimum atomic E-state index is -0.124. The van der Waals surface area contributed by atoms with Crippen LogP contribution in [0.3, 0.4) is 0 Å². The van der Waals surface area contributed by atoms with Gasteiger partial charge in [-0.25, -0.2) is 4.98 Å². The first-order valence-corrected chi connectivity index (χ1v) is 12.5. The lowest BCUT2D eigenvalue weighted by Crippen LogP contribution is -2.44. The lowest BCUT2D eigenvalue weighted by molar-refractivity contribution is 0.0487. The maximum absolute atomic E-state index is 12.8. The molecule has 1 aromatic heterocycles. The average Bonchev–Trinajstić information content (AvgIpc) is 3.22. The largest absolute Gasteiger partial charge is 0.381 e. The third kappa shape index (κ3) is 5.69. The Hall–Kier alpha value is -1.86. The number of carbonyl (C=O) groups excluding carboxylic acids is 1. The van der Waals surface area contributed by atoms with Crippen molar-refractivity contribution in [1.82, 2.24) is 10.3 Å². The minimum Gasteiger partial charge on any atom is -0.381 e. The second kappa shape index (κ2) is 10.2. The molecule has 1 N–H and O–H groups in total. The van der Waals surface area contributed by atoms with Crippen molar-refractivity contribution in [2.24, 2.45) is 0 Å². The van der Waals surface area contributed by atoms with Gasteiger partial charge in [-0.05, 0) is 55.2 Å². The molecule has 0 bridgehead atoms. The van der Waals surface area contributed by atoms with Crippen molar-refractivity contribution < 1.29 is 9.53 Å². The van der Waals surface area contributed by atoms with Crippen molar-refractivity contribution in [2.75, 3.05) is 19.8 Å². The van der Waals surface area contributed by atoms with Gasteiger partial charge in [0.1, 0.15) is 4.34 Å². The van der Waals surface area contributed by atoms with Gasteiger partial charge >= 0.3 is 0 Å². The van der Waals surface area contributed by atoms with Crippen LogP contribution in [0.4, 0.5) is 0 Å². The van der Waals surface area contributed by atoms with Gasteiger partial charge < -0.3 is 10.1 Å². The molecule has 3 aromatic rings. The zero-order valence-electron chi connectivity index (χ0n) is 17.4. The third-order valence-electron chi connectivity index (χ3n) is 5.67. The molecule has 0 spiro atoms. The Kier molecular flexibility index (Phi) is 7.33. The summed E-state index contributed by atoms with van der Waals surface area (Å²) in [6, 6.07) is 15.8. The van der Waals surface area contributed by atoms with Gasteiger partial charge in [0.05, 0.1) is 0 Å². The molecular weight excluding hydrogens is 448 g/mol. The number of thioether (sulfide) groups is 1. The highest BCUT2D eigenvalue weighted by molar-refractivity contribution is 8.00. The molecular formula is C24H25ClN2O2S2. The van der Waals surface area contributed by atoms with Crippen molar-refractivity contribution in [1.29, 1.82) is 0 Å². The van der Waals surface area contributed by atoms with E-state index in [1.165, 1.54) is 11.1 Å². The van der Waals surface area contributed by atoms with Crippen molar-refractivity contribution in [2.45, 2.75) is 35.3 Å². The lowest BCUT2D eigenvalue weighted by Gasteiger charge is -2.38. The quantitative estimate of drug-likeness (QED) is 0.436. The maximum Gasteiger partial charge on any atom is 0.251 e. The fourth-order valence-corrected chi connectivity index (χ4v) is 5.71. The molecule has 1 saturated heterocycles. The van der Waals surface area contributed by atoms with Crippen molar-refractivity contribution in [3.8, 4) is 0 Å². The number of amides is 1. The van der Waals surface area contributed by atoms with Gasteiger partial charge in [-0.3, -0.25) is 4.79 Å². The summed E-state index contributed by atoms with van der Waals surface area (Å²) in [5, 5.41) is 5.94. The first kappa shape index (κ1) is 22.3. The molecule has 2 aromatic carbocycles. The van der Waals surface area contributed by atoms with Crippen LogP contribution in [0.2, 0.25) is 5.02 Å². The lowest BCUT2D eigenvalue weighted by atomic mass is 9.74. The van der Waals surface area contributed by atoms with Gasteiger partial charge in [0, 0.05) is 52.6 Å². The zero-order chi connectivity index (χ0) is 21.7. The summed E-state index contributed by atoms with van der Waals surface area (Å²) in [6.45, 7) is 3.98. The Bertz CT molecular complexity index is 1010. The molecule has 4 nitrogen and oxygen atoms in total. The summed E-state index contributed by atoms with van der Waals surface area (Å²) in [5.74, 6) is 0.795. The maximum atomic E-state index is 12.8. The summed E-state index contributed by atoms with van der Waals surface area (Å²) >= 11 is 9.46. The van der Waals surface area contributed by atoms with Crippen LogP contribution in [0.5, 0.6) is 0 Å². The van der Waals surface area contributed by atoms with E-state index in [4.69, 9.17) is 16.3 Å². The normalized spacial score (nSPS) is 15.5. The van der Waals surface area contributed by atoms with Crippen LogP contribution in [0.15, 0.2) is 58.3 Å². The molecule has 1 fully saturated rings. The summed E-state index contributed by atoms with van der Waals surface area (Å²) < 4.78 is 6.66. The van der Waals surface area contributed by atoms with Gasteiger partial charge in [-0.15, -0.1) is 11.3 Å². The number of benzene rings is 2. The SMILES string of the molecule is Cc1csc(SCc2ccc(C(=O)NCC3(c4ccc(Cl)cc4)CCOCC3)cc2)n1. The first-order chi connectivity index (χ1) is 15.0. The Balaban J connectivity index is 1.38. The number of nitrogens with zero attached hydrogens (tertiary/aromatic N) is 1. The van der Waals surface area contributed by atoms with Crippen LogP contribution in [-0.2, 0) is 15.9 Å². The van der Waals surface area contributed by atoms with Crippen molar-refractivity contribution in [3.63, 3.8) is 0 Å². The number of aromatic nitrogens is 1. The number of thiazole rings is 1. The number of halogens is 1. The van der Waals surface area contributed by atoms with Gasteiger partial charge in [0.2, 0.25) is 0 Å². The van der Waals surface area contributed by atoms with Crippen molar-refractivity contribution in [3.05, 3.63) is 81.3 Å². The molecule has 0 unspecified atom stereocenters. The average molecular weight is 473 g/mol. The van der Waals surface area contributed by atoms with Gasteiger partial charge in [-0.1, -0.05) is 47.6 Å². The van der Waals surface area contributed by atoms with Gasteiger partial charge in [0.25, 0.3) is 5.91 Å². The molecule has 0 saturated carbocycles. The number of rotatable bonds is 7. The molecule has 1 aliphatic rings. The van der Waals surface area contributed by atoms with E-state index in [9.17, 15) is 4.79 Å². The van der Waals surface area contributed by atoms with E-state index < -0.39 is 0 Å². The van der Waals surface area contributed by atoms with Crippen LogP contribution in [0, 0.1) is 6.92 Å². The molecule has 2 heterocycles. The van der Waals surface area contributed by atoms with Crippen LogP contribution >= 0.6 is 34.7 Å². The van der Waals surface area contributed by atoms with Crippen LogP contribution < -0.4 is 5.32 Å². The van der Waals surface area contributed by atoms with Crippen LogP contribution in [0.1, 0.15) is 40.0 Å². The zero-order valence-corrected chi connectivity index (χ0v) is 19.8. The van der Waals surface area contributed by atoms with E-state index in [1.807, 2.05) is 43.3 Å². The fourth-order valence-electron chi connectivity index (χ4n) is 3.78. The first-order valence-electron chi connectivity index (χ1n) is 10.3. The standard InChI is InChI=1S/C24H25ClN2O2S2/c1-17-14-30-23(27-17)31-15-18-2-4-19(5-3-18)22(28)26-16-24(10-12-29-13-11-24)20-6-8-21(25)9-7-20/h2-9,14H,10-13,15-16H2,1H3,(H,26,28). The number of hydrogen-bond acceptors (Lipinski definition) is 5. The Morgan fingerprint density at radius 1 is 1.16 bits per heavy atom.